The van der Waals surface area contributed by atoms with Crippen molar-refractivity contribution < 1.29 is 0 Å². The van der Waals surface area contributed by atoms with Crippen LogP contribution in [0.15, 0.2) is 12.7 Å². The lowest BCUT2D eigenvalue weighted by atomic mass is 10.3. The normalized spacial score (nSPS) is 13.1. The predicted molar refractivity (Wildman–Crippen MR) is 51.4 cm³/mol. The third kappa shape index (κ3) is 4.00. The summed E-state index contributed by atoms with van der Waals surface area (Å²) in [7, 11) is 1.95. The van der Waals surface area contributed by atoms with Crippen molar-refractivity contribution in [3.63, 3.8) is 0 Å². The quantitative estimate of drug-likeness (QED) is 0.623. The molecule has 0 aliphatic rings. The zero-order valence-electron chi connectivity index (χ0n) is 8.20. The topological polar surface area (TPSA) is 54.8 Å². The molecule has 0 amide bonds. The summed E-state index contributed by atoms with van der Waals surface area (Å²) < 4.78 is 1.82. The van der Waals surface area contributed by atoms with Crippen molar-refractivity contribution in [2.75, 3.05) is 20.1 Å². The SMILES string of the molecule is CNCC(C)NCCn1cncn1. The monoisotopic (exact) mass is 183 g/mol. The molecule has 0 aliphatic carbocycles. The van der Waals surface area contributed by atoms with E-state index in [0.717, 1.165) is 19.6 Å². The van der Waals surface area contributed by atoms with Gasteiger partial charge in [0.25, 0.3) is 0 Å². The van der Waals surface area contributed by atoms with Crippen LogP contribution in [0.3, 0.4) is 0 Å². The lowest BCUT2D eigenvalue weighted by Crippen LogP contribution is -2.36. The lowest BCUT2D eigenvalue weighted by Gasteiger charge is -2.12. The van der Waals surface area contributed by atoms with E-state index in [1.807, 2.05) is 11.7 Å². The molecule has 0 saturated carbocycles. The van der Waals surface area contributed by atoms with Gasteiger partial charge in [0, 0.05) is 19.1 Å². The smallest absolute Gasteiger partial charge is 0.137 e. The third-order valence-electron chi connectivity index (χ3n) is 1.81. The molecule has 0 saturated heterocycles. The standard InChI is InChI=1S/C8H17N5/c1-8(5-9-2)11-3-4-13-7-10-6-12-13/h6-9,11H,3-5H2,1-2H3. The van der Waals surface area contributed by atoms with Crippen LogP contribution in [0.5, 0.6) is 0 Å². The fourth-order valence-electron chi connectivity index (χ4n) is 1.15. The summed E-state index contributed by atoms with van der Waals surface area (Å²) in [5.74, 6) is 0. The Morgan fingerprint density at radius 3 is 3.00 bits per heavy atom. The van der Waals surface area contributed by atoms with Gasteiger partial charge in [-0.05, 0) is 14.0 Å². The molecule has 1 aromatic heterocycles. The molecule has 1 rings (SSSR count). The predicted octanol–water partition coefficient (Wildman–Crippen LogP) is -0.524. The zero-order valence-corrected chi connectivity index (χ0v) is 8.20. The first-order valence-corrected chi connectivity index (χ1v) is 4.53. The third-order valence-corrected chi connectivity index (χ3v) is 1.81. The molecule has 2 N–H and O–H groups in total. The van der Waals surface area contributed by atoms with Crippen molar-refractivity contribution in [3.05, 3.63) is 12.7 Å². The van der Waals surface area contributed by atoms with Gasteiger partial charge in [0.2, 0.25) is 0 Å². The summed E-state index contributed by atoms with van der Waals surface area (Å²) in [5.41, 5.74) is 0. The molecule has 0 aromatic carbocycles. The average molecular weight is 183 g/mol. The van der Waals surface area contributed by atoms with E-state index in [9.17, 15) is 0 Å². The van der Waals surface area contributed by atoms with Gasteiger partial charge < -0.3 is 10.6 Å². The molecule has 0 aliphatic heterocycles. The average Bonchev–Trinajstić information content (AvgIpc) is 2.57. The summed E-state index contributed by atoms with van der Waals surface area (Å²) in [6.07, 6.45) is 3.28. The Kier molecular flexibility index (Phi) is 4.42. The molecular formula is C8H17N5. The van der Waals surface area contributed by atoms with Gasteiger partial charge in [-0.2, -0.15) is 5.10 Å². The largest absolute Gasteiger partial charge is 0.318 e. The fourth-order valence-corrected chi connectivity index (χ4v) is 1.15. The highest BCUT2D eigenvalue weighted by Crippen LogP contribution is 1.81. The van der Waals surface area contributed by atoms with Gasteiger partial charge in [-0.3, -0.25) is 4.68 Å². The summed E-state index contributed by atoms with van der Waals surface area (Å²) in [6.45, 7) is 4.93. The molecule has 74 valence electrons. The zero-order chi connectivity index (χ0) is 9.52. The first-order valence-electron chi connectivity index (χ1n) is 4.53. The highest BCUT2D eigenvalue weighted by molar-refractivity contribution is 4.63. The van der Waals surface area contributed by atoms with Crippen LogP contribution >= 0.6 is 0 Å². The Labute approximate surface area is 78.5 Å². The molecule has 0 spiro atoms. The number of hydrogen-bond acceptors (Lipinski definition) is 4. The van der Waals surface area contributed by atoms with E-state index < -0.39 is 0 Å². The molecule has 1 atom stereocenters. The fraction of sp³-hybridized carbons (Fsp3) is 0.750. The summed E-state index contributed by atoms with van der Waals surface area (Å²) in [4.78, 5) is 3.87. The van der Waals surface area contributed by atoms with Crippen LogP contribution in [0.4, 0.5) is 0 Å². The highest BCUT2D eigenvalue weighted by Gasteiger charge is 1.98. The van der Waals surface area contributed by atoms with Crippen molar-refractivity contribution in [2.45, 2.75) is 19.5 Å². The van der Waals surface area contributed by atoms with Crippen LogP contribution in [0.1, 0.15) is 6.92 Å². The number of nitrogens with one attached hydrogen (secondary N) is 2. The Morgan fingerprint density at radius 1 is 1.54 bits per heavy atom. The van der Waals surface area contributed by atoms with Gasteiger partial charge in [0.15, 0.2) is 0 Å². The second kappa shape index (κ2) is 5.66. The minimum Gasteiger partial charge on any atom is -0.318 e. The number of hydrogen-bond donors (Lipinski definition) is 2. The highest BCUT2D eigenvalue weighted by atomic mass is 15.3. The van der Waals surface area contributed by atoms with E-state index >= 15 is 0 Å². The molecule has 1 unspecified atom stereocenters. The van der Waals surface area contributed by atoms with Crippen LogP contribution in [0.25, 0.3) is 0 Å². The van der Waals surface area contributed by atoms with E-state index in [1.54, 1.807) is 12.7 Å². The molecule has 0 radical (unpaired) electrons. The van der Waals surface area contributed by atoms with Gasteiger partial charge in [0.05, 0.1) is 6.54 Å². The van der Waals surface area contributed by atoms with Gasteiger partial charge in [-0.25, -0.2) is 4.98 Å². The number of rotatable bonds is 6. The van der Waals surface area contributed by atoms with Gasteiger partial charge in [-0.15, -0.1) is 0 Å². The minimum absolute atomic E-state index is 0.494. The van der Waals surface area contributed by atoms with Gasteiger partial charge >= 0.3 is 0 Å². The van der Waals surface area contributed by atoms with Crippen molar-refractivity contribution in [1.29, 1.82) is 0 Å². The van der Waals surface area contributed by atoms with Crippen LogP contribution < -0.4 is 10.6 Å². The number of aromatic nitrogens is 3. The lowest BCUT2D eigenvalue weighted by molar-refractivity contribution is 0.482. The first-order chi connectivity index (χ1) is 6.33. The molecule has 0 bridgehead atoms. The Hall–Kier alpha value is -0.940. The Morgan fingerprint density at radius 2 is 2.38 bits per heavy atom. The molecule has 5 heteroatoms. The van der Waals surface area contributed by atoms with Crippen molar-refractivity contribution >= 4 is 0 Å². The van der Waals surface area contributed by atoms with Crippen molar-refractivity contribution in [2.24, 2.45) is 0 Å². The van der Waals surface area contributed by atoms with Gasteiger partial charge in [0.1, 0.15) is 12.7 Å². The summed E-state index contributed by atoms with van der Waals surface area (Å²) in [5, 5.41) is 10.5. The maximum absolute atomic E-state index is 4.01. The van der Waals surface area contributed by atoms with E-state index in [4.69, 9.17) is 0 Å². The minimum atomic E-state index is 0.494. The molecular weight excluding hydrogens is 166 g/mol. The molecule has 5 nitrogen and oxygen atoms in total. The second-order valence-electron chi connectivity index (χ2n) is 3.07. The van der Waals surface area contributed by atoms with Crippen molar-refractivity contribution in [3.8, 4) is 0 Å². The molecule has 1 heterocycles. The summed E-state index contributed by atoms with van der Waals surface area (Å²) >= 11 is 0. The van der Waals surface area contributed by atoms with E-state index in [2.05, 4.69) is 27.6 Å². The molecule has 0 fully saturated rings. The number of nitrogens with zero attached hydrogens (tertiary/aromatic N) is 3. The van der Waals surface area contributed by atoms with Crippen LogP contribution in [0.2, 0.25) is 0 Å². The Bertz CT molecular complexity index is 208. The van der Waals surface area contributed by atoms with E-state index in [0.29, 0.717) is 6.04 Å². The van der Waals surface area contributed by atoms with E-state index in [1.165, 1.54) is 0 Å². The number of likely N-dealkylation sites (N-methyl/N-ethyl adjacent to an activating group) is 1. The van der Waals surface area contributed by atoms with Crippen LogP contribution in [-0.4, -0.2) is 40.9 Å². The molecule has 1 aromatic rings. The summed E-state index contributed by atoms with van der Waals surface area (Å²) in [6, 6.07) is 0.494. The maximum Gasteiger partial charge on any atom is 0.137 e. The maximum atomic E-state index is 4.01. The molecule has 13 heavy (non-hydrogen) atoms. The van der Waals surface area contributed by atoms with Crippen LogP contribution in [0, 0.1) is 0 Å². The van der Waals surface area contributed by atoms with Crippen LogP contribution in [-0.2, 0) is 6.54 Å². The van der Waals surface area contributed by atoms with E-state index in [-0.39, 0.29) is 0 Å². The Balaban J connectivity index is 2.07. The first kappa shape index (κ1) is 10.1. The van der Waals surface area contributed by atoms with Crippen molar-refractivity contribution in [1.82, 2.24) is 25.4 Å². The van der Waals surface area contributed by atoms with Gasteiger partial charge in [-0.1, -0.05) is 0 Å². The second-order valence-corrected chi connectivity index (χ2v) is 3.07.